The van der Waals surface area contributed by atoms with Crippen molar-refractivity contribution in [2.24, 2.45) is 5.73 Å². The Bertz CT molecular complexity index is 1270. The first kappa shape index (κ1) is 25.2. The minimum atomic E-state index is -3.19. The number of anilines is 1. The number of primary amides is 1. The molecule has 3 heterocycles. The van der Waals surface area contributed by atoms with Crippen molar-refractivity contribution in [1.82, 2.24) is 9.78 Å². The van der Waals surface area contributed by atoms with Gasteiger partial charge in [-0.25, -0.2) is 22.4 Å². The molecule has 3 N–H and O–H groups in total. The first-order valence-corrected chi connectivity index (χ1v) is 10.4. The van der Waals surface area contributed by atoms with Crippen LogP contribution < -0.4 is 11.1 Å². The van der Waals surface area contributed by atoms with E-state index in [9.17, 15) is 31.9 Å². The fourth-order valence-electron chi connectivity index (χ4n) is 3.02. The fourth-order valence-corrected chi connectivity index (χ4v) is 4.36. The Balaban J connectivity index is 1.87. The normalized spacial score (nSPS) is 11.3. The number of amides is 2. The molecule has 9 nitrogen and oxygen atoms in total. The molecule has 15 heteroatoms. The van der Waals surface area contributed by atoms with Crippen molar-refractivity contribution in [2.75, 3.05) is 12.4 Å². The third kappa shape index (κ3) is 4.77. The van der Waals surface area contributed by atoms with Crippen LogP contribution in [-0.4, -0.2) is 34.7 Å². The molecule has 0 radical (unpaired) electrons. The molecule has 3 rings (SSSR count). The molecule has 0 unspecified atom stereocenters. The van der Waals surface area contributed by atoms with Gasteiger partial charge in [-0.05, 0) is 24.6 Å². The van der Waals surface area contributed by atoms with Crippen LogP contribution in [0.4, 0.5) is 22.6 Å². The molecule has 3 aromatic heterocycles. The summed E-state index contributed by atoms with van der Waals surface area (Å²) in [6.07, 6.45) is -6.36. The zero-order valence-electron chi connectivity index (χ0n) is 17.3. The van der Waals surface area contributed by atoms with Crippen molar-refractivity contribution in [2.45, 2.75) is 26.3 Å². The third-order valence-electron chi connectivity index (χ3n) is 4.55. The second-order valence-corrected chi connectivity index (χ2v) is 8.08. The van der Waals surface area contributed by atoms with E-state index in [0.29, 0.717) is 4.68 Å². The topological polar surface area (TPSA) is 129 Å². The summed E-state index contributed by atoms with van der Waals surface area (Å²) in [6, 6.07) is 2.44. The molecule has 0 saturated heterocycles. The lowest BCUT2D eigenvalue weighted by molar-refractivity contribution is 0.0601. The van der Waals surface area contributed by atoms with Crippen LogP contribution in [0.25, 0.3) is 0 Å². The lowest BCUT2D eigenvalue weighted by Crippen LogP contribution is -2.14. The highest BCUT2D eigenvalue weighted by Crippen LogP contribution is 2.36. The summed E-state index contributed by atoms with van der Waals surface area (Å²) in [7, 11) is 1.11. The van der Waals surface area contributed by atoms with E-state index < -0.39 is 53.6 Å². The summed E-state index contributed by atoms with van der Waals surface area (Å²) in [4.78, 5) is 36.4. The second-order valence-electron chi connectivity index (χ2n) is 6.68. The van der Waals surface area contributed by atoms with Gasteiger partial charge < -0.3 is 20.2 Å². The summed E-state index contributed by atoms with van der Waals surface area (Å²) in [6.45, 7) is 0.934. The Morgan fingerprint density at radius 1 is 1.26 bits per heavy atom. The number of nitrogens with zero attached hydrogens (tertiary/aromatic N) is 2. The lowest BCUT2D eigenvalue weighted by atomic mass is 10.1. The molecule has 0 aromatic carbocycles. The zero-order chi connectivity index (χ0) is 25.3. The average molecular weight is 523 g/mol. The molecule has 0 bridgehead atoms. The van der Waals surface area contributed by atoms with Gasteiger partial charge in [-0.15, -0.1) is 11.3 Å². The number of carbonyl (C=O) groups excluding carboxylic acids is 3. The highest BCUT2D eigenvalue weighted by molar-refractivity contribution is 7.18. The molecule has 0 aliphatic heterocycles. The van der Waals surface area contributed by atoms with Crippen molar-refractivity contribution in [3.63, 3.8) is 0 Å². The van der Waals surface area contributed by atoms with Crippen molar-refractivity contribution >= 4 is 45.7 Å². The molecule has 3 aromatic rings. The number of methoxy groups -OCH3 is 1. The van der Waals surface area contributed by atoms with Crippen LogP contribution in [0.15, 0.2) is 16.5 Å². The maximum atomic E-state index is 13.3. The van der Waals surface area contributed by atoms with Gasteiger partial charge in [0.05, 0.1) is 29.1 Å². The van der Waals surface area contributed by atoms with Crippen molar-refractivity contribution in [3.05, 3.63) is 56.1 Å². The van der Waals surface area contributed by atoms with E-state index in [2.05, 4.69) is 15.2 Å². The third-order valence-corrected chi connectivity index (χ3v) is 6.16. The number of hydrogen-bond acceptors (Lipinski definition) is 7. The van der Waals surface area contributed by atoms with Gasteiger partial charge in [0.1, 0.15) is 22.1 Å². The van der Waals surface area contributed by atoms with E-state index in [1.165, 1.54) is 19.1 Å². The predicted octanol–water partition coefficient (Wildman–Crippen LogP) is 4.56. The van der Waals surface area contributed by atoms with Gasteiger partial charge in [-0.1, -0.05) is 11.6 Å². The molecule has 2 amide bonds. The van der Waals surface area contributed by atoms with Crippen molar-refractivity contribution in [3.8, 4) is 0 Å². The molecule has 0 aliphatic carbocycles. The molecular weight excluding hydrogens is 508 g/mol. The average Bonchev–Trinajstić information content (AvgIpc) is 3.43. The summed E-state index contributed by atoms with van der Waals surface area (Å²) >= 11 is 6.36. The van der Waals surface area contributed by atoms with E-state index in [1.807, 2.05) is 0 Å². The smallest absolute Gasteiger partial charge is 0.341 e. The van der Waals surface area contributed by atoms with Crippen LogP contribution in [0.2, 0.25) is 5.02 Å². The van der Waals surface area contributed by atoms with E-state index >= 15 is 0 Å². The first-order chi connectivity index (χ1) is 16.0. The highest BCUT2D eigenvalue weighted by atomic mass is 35.5. The van der Waals surface area contributed by atoms with Crippen LogP contribution in [0.5, 0.6) is 0 Å². The Hall–Kier alpha value is -3.39. The van der Waals surface area contributed by atoms with Crippen molar-refractivity contribution in [1.29, 1.82) is 0 Å². The monoisotopic (exact) mass is 522 g/mol. The lowest BCUT2D eigenvalue weighted by Gasteiger charge is -2.06. The molecule has 0 spiro atoms. The van der Waals surface area contributed by atoms with Gasteiger partial charge in [-0.2, -0.15) is 5.10 Å². The largest absolute Gasteiger partial charge is 0.465 e. The van der Waals surface area contributed by atoms with Gasteiger partial charge in [-0.3, -0.25) is 14.3 Å². The number of ether oxygens (including phenoxy) is 1. The van der Waals surface area contributed by atoms with Gasteiger partial charge in [0, 0.05) is 0 Å². The molecule has 182 valence electrons. The first-order valence-electron chi connectivity index (χ1n) is 9.20. The number of aromatic nitrogens is 2. The number of alkyl halides is 4. The van der Waals surface area contributed by atoms with E-state index in [4.69, 9.17) is 21.8 Å². The van der Waals surface area contributed by atoms with Crippen LogP contribution in [0.1, 0.15) is 66.1 Å². The van der Waals surface area contributed by atoms with Crippen LogP contribution >= 0.6 is 22.9 Å². The second kappa shape index (κ2) is 9.85. The molecular formula is C19H15ClF4N4O5S. The minimum Gasteiger partial charge on any atom is -0.465 e. The number of carbonyl (C=O) groups is 3. The molecule has 0 aliphatic rings. The molecule has 0 fully saturated rings. The van der Waals surface area contributed by atoms with E-state index in [1.54, 1.807) is 0 Å². The van der Waals surface area contributed by atoms with Crippen LogP contribution in [0.3, 0.4) is 0 Å². The highest BCUT2D eigenvalue weighted by Gasteiger charge is 2.29. The number of nitrogens with one attached hydrogen (secondary N) is 1. The van der Waals surface area contributed by atoms with E-state index in [0.717, 1.165) is 18.4 Å². The maximum Gasteiger partial charge on any atom is 0.341 e. The predicted molar refractivity (Wildman–Crippen MR) is 112 cm³/mol. The summed E-state index contributed by atoms with van der Waals surface area (Å²) in [5.41, 5.74) is 3.50. The number of furan rings is 1. The zero-order valence-corrected chi connectivity index (χ0v) is 18.9. The van der Waals surface area contributed by atoms with Gasteiger partial charge in [0.2, 0.25) is 0 Å². The van der Waals surface area contributed by atoms with E-state index in [-0.39, 0.29) is 32.5 Å². The fraction of sp³-hybridized carbons (Fsp3) is 0.263. The Labute approximate surface area is 197 Å². The Kier molecular flexibility index (Phi) is 7.31. The number of esters is 1. The standard InChI is InChI=1S/C19H15ClF4N4O5S/c1-6-9(19(31)32-2)18(34-13(6)16(25)29)26-17(30)8-4-3-7(33-8)5-28-12(15(23)24)10(20)11(27-28)14(21)22/h3-4,14-15H,5H2,1-2H3,(H2,25,29)(H,26,30). The Morgan fingerprint density at radius 2 is 1.94 bits per heavy atom. The number of thiophene rings is 1. The SMILES string of the molecule is COC(=O)c1c(NC(=O)c2ccc(Cn3nc(C(F)F)c(Cl)c3C(F)F)o2)sc(C(N)=O)c1C. The Morgan fingerprint density at radius 3 is 2.50 bits per heavy atom. The quantitative estimate of drug-likeness (QED) is 0.329. The number of halogens is 5. The molecule has 0 saturated carbocycles. The van der Waals surface area contributed by atoms with Crippen LogP contribution in [0, 0.1) is 6.92 Å². The minimum absolute atomic E-state index is 0.0264. The summed E-state index contributed by atoms with van der Waals surface area (Å²) < 4.78 is 63.2. The van der Waals surface area contributed by atoms with Gasteiger partial charge in [0.25, 0.3) is 24.7 Å². The van der Waals surface area contributed by atoms with Gasteiger partial charge >= 0.3 is 5.97 Å². The maximum absolute atomic E-state index is 13.3. The van der Waals surface area contributed by atoms with Gasteiger partial charge in [0.15, 0.2) is 5.76 Å². The summed E-state index contributed by atoms with van der Waals surface area (Å²) in [5, 5.41) is 4.94. The molecule has 34 heavy (non-hydrogen) atoms. The van der Waals surface area contributed by atoms with Crippen molar-refractivity contribution < 1.29 is 41.1 Å². The van der Waals surface area contributed by atoms with Crippen LogP contribution in [-0.2, 0) is 11.3 Å². The molecule has 0 atom stereocenters. The number of nitrogens with two attached hydrogens (primary N) is 1. The number of hydrogen-bond donors (Lipinski definition) is 2. The number of rotatable bonds is 8. The summed E-state index contributed by atoms with van der Waals surface area (Å²) in [5.74, 6) is -2.86.